The minimum absolute atomic E-state index is 0.336. The zero-order valence-corrected chi connectivity index (χ0v) is 17.0. The molecule has 6 nitrogen and oxygen atoms in total. The van der Waals surface area contributed by atoms with E-state index in [9.17, 15) is 9.59 Å². The molecule has 0 saturated carbocycles. The molecule has 1 amide bonds. The third kappa shape index (κ3) is 4.61. The lowest BCUT2D eigenvalue weighted by atomic mass is 10.1. The van der Waals surface area contributed by atoms with Crippen molar-refractivity contribution in [2.45, 2.75) is 0 Å². The molecule has 2 aromatic carbocycles. The van der Waals surface area contributed by atoms with Crippen molar-refractivity contribution in [3.8, 4) is 0 Å². The van der Waals surface area contributed by atoms with Gasteiger partial charge in [-0.05, 0) is 36.4 Å². The third-order valence-electron chi connectivity index (χ3n) is 4.18. The number of carbonyl (C=O) groups excluding carboxylic acids is 2. The highest BCUT2D eigenvalue weighted by atomic mass is 79.9. The quantitative estimate of drug-likeness (QED) is 0.709. The van der Waals surface area contributed by atoms with E-state index < -0.39 is 5.97 Å². The van der Waals surface area contributed by atoms with Gasteiger partial charge < -0.3 is 19.7 Å². The molecule has 8 heteroatoms. The van der Waals surface area contributed by atoms with Gasteiger partial charge in [0.05, 0.1) is 42.2 Å². The van der Waals surface area contributed by atoms with Gasteiger partial charge in [-0.2, -0.15) is 0 Å². The van der Waals surface area contributed by atoms with Crippen LogP contribution in [0, 0.1) is 0 Å². The number of nitrogens with zero attached hydrogens (tertiary/aromatic N) is 1. The van der Waals surface area contributed by atoms with Gasteiger partial charge in [-0.3, -0.25) is 4.79 Å². The molecule has 2 aromatic rings. The number of amides is 1. The minimum atomic E-state index is -0.465. The van der Waals surface area contributed by atoms with Crippen LogP contribution in [0.4, 0.5) is 11.4 Å². The van der Waals surface area contributed by atoms with Crippen molar-refractivity contribution in [1.29, 1.82) is 0 Å². The Hall–Kier alpha value is -2.09. The van der Waals surface area contributed by atoms with E-state index in [1.807, 2.05) is 0 Å². The number of nitrogens with one attached hydrogen (secondary N) is 1. The second-order valence-corrected chi connectivity index (χ2v) is 7.22. The van der Waals surface area contributed by atoms with Crippen molar-refractivity contribution in [1.82, 2.24) is 0 Å². The number of ether oxygens (including phenoxy) is 2. The number of hydrogen-bond acceptors (Lipinski definition) is 5. The van der Waals surface area contributed by atoms with Crippen LogP contribution in [-0.2, 0) is 9.47 Å². The van der Waals surface area contributed by atoms with Gasteiger partial charge in [0, 0.05) is 23.2 Å². The Kier molecular flexibility index (Phi) is 6.36. The zero-order chi connectivity index (χ0) is 19.4. The van der Waals surface area contributed by atoms with Gasteiger partial charge in [0.25, 0.3) is 5.91 Å². The van der Waals surface area contributed by atoms with Crippen molar-refractivity contribution in [2.75, 3.05) is 43.6 Å². The lowest BCUT2D eigenvalue weighted by Gasteiger charge is -2.30. The molecular weight excluding hydrogens is 436 g/mol. The number of anilines is 2. The summed E-state index contributed by atoms with van der Waals surface area (Å²) in [5.74, 6) is -0.829. The predicted molar refractivity (Wildman–Crippen MR) is 108 cm³/mol. The highest BCUT2D eigenvalue weighted by Gasteiger charge is 2.21. The van der Waals surface area contributed by atoms with E-state index in [0.717, 1.165) is 10.2 Å². The number of halogens is 2. The summed E-state index contributed by atoms with van der Waals surface area (Å²) in [7, 11) is 1.33. The highest BCUT2D eigenvalue weighted by Crippen LogP contribution is 2.27. The Labute approximate surface area is 170 Å². The van der Waals surface area contributed by atoms with E-state index in [2.05, 4.69) is 26.1 Å². The number of hydrogen-bond donors (Lipinski definition) is 1. The molecule has 0 unspecified atom stereocenters. The summed E-state index contributed by atoms with van der Waals surface area (Å²) in [5, 5.41) is 3.12. The van der Waals surface area contributed by atoms with Crippen LogP contribution < -0.4 is 10.2 Å². The van der Waals surface area contributed by atoms with Crippen LogP contribution >= 0.6 is 27.5 Å². The van der Waals surface area contributed by atoms with E-state index in [1.54, 1.807) is 36.4 Å². The van der Waals surface area contributed by atoms with Crippen LogP contribution in [0.1, 0.15) is 20.7 Å². The molecule has 1 fully saturated rings. The van der Waals surface area contributed by atoms with Gasteiger partial charge in [0.15, 0.2) is 0 Å². The van der Waals surface area contributed by atoms with E-state index in [0.29, 0.717) is 48.1 Å². The maximum absolute atomic E-state index is 12.6. The smallest absolute Gasteiger partial charge is 0.340 e. The largest absolute Gasteiger partial charge is 0.465 e. The molecule has 27 heavy (non-hydrogen) atoms. The summed E-state index contributed by atoms with van der Waals surface area (Å²) >= 11 is 9.44. The average Bonchev–Trinajstić information content (AvgIpc) is 2.69. The fraction of sp³-hybridized carbons (Fsp3) is 0.263. The molecule has 1 aliphatic rings. The molecule has 1 heterocycles. The Morgan fingerprint density at radius 2 is 1.89 bits per heavy atom. The summed E-state index contributed by atoms with van der Waals surface area (Å²) in [6, 6.07) is 10.2. The zero-order valence-electron chi connectivity index (χ0n) is 14.6. The molecule has 0 radical (unpaired) electrons. The Morgan fingerprint density at radius 1 is 1.15 bits per heavy atom. The Balaban J connectivity index is 1.88. The topological polar surface area (TPSA) is 67.9 Å². The van der Waals surface area contributed by atoms with Gasteiger partial charge in [0.1, 0.15) is 0 Å². The minimum Gasteiger partial charge on any atom is -0.465 e. The molecule has 0 aliphatic carbocycles. The Bertz CT molecular complexity index is 869. The summed E-state index contributed by atoms with van der Waals surface area (Å²) in [4.78, 5) is 26.9. The summed E-state index contributed by atoms with van der Waals surface area (Å²) in [6.07, 6.45) is 0. The van der Waals surface area contributed by atoms with Gasteiger partial charge in [0.2, 0.25) is 0 Å². The molecule has 0 bridgehead atoms. The predicted octanol–water partition coefficient (Wildman–Crippen LogP) is 3.98. The van der Waals surface area contributed by atoms with E-state index in [4.69, 9.17) is 21.1 Å². The molecule has 0 spiro atoms. The summed E-state index contributed by atoms with van der Waals surface area (Å²) < 4.78 is 11.0. The van der Waals surface area contributed by atoms with E-state index in [-0.39, 0.29) is 5.91 Å². The molecule has 0 aromatic heterocycles. The highest BCUT2D eigenvalue weighted by molar-refractivity contribution is 9.10. The first-order chi connectivity index (χ1) is 13.0. The van der Waals surface area contributed by atoms with Crippen LogP contribution in [0.5, 0.6) is 0 Å². The maximum atomic E-state index is 12.6. The second-order valence-electron chi connectivity index (χ2n) is 5.90. The van der Waals surface area contributed by atoms with Crippen molar-refractivity contribution >= 4 is 50.8 Å². The van der Waals surface area contributed by atoms with Crippen LogP contribution in [0.3, 0.4) is 0 Å². The number of esters is 1. The fourth-order valence-electron chi connectivity index (χ4n) is 2.84. The lowest BCUT2D eigenvalue weighted by molar-refractivity contribution is 0.0600. The molecular formula is C19H18BrClN2O4. The van der Waals surface area contributed by atoms with Gasteiger partial charge in [-0.25, -0.2) is 4.79 Å². The summed E-state index contributed by atoms with van der Waals surface area (Å²) in [6.45, 7) is 2.56. The third-order valence-corrected chi connectivity index (χ3v) is 5.01. The molecule has 1 saturated heterocycles. The number of methoxy groups -OCH3 is 1. The Morgan fingerprint density at radius 3 is 2.59 bits per heavy atom. The molecule has 1 aliphatic heterocycles. The van der Waals surface area contributed by atoms with Gasteiger partial charge in [-0.15, -0.1) is 0 Å². The monoisotopic (exact) mass is 452 g/mol. The first kappa shape index (κ1) is 19.7. The molecule has 1 N–H and O–H groups in total. The van der Waals surface area contributed by atoms with Crippen LogP contribution in [0.15, 0.2) is 40.9 Å². The van der Waals surface area contributed by atoms with Crippen molar-refractivity contribution in [3.05, 3.63) is 57.0 Å². The SMILES string of the molecule is COC(=O)c1cc(NC(=O)c2cc(Br)ccc2Cl)ccc1N1CCOCC1. The van der Waals surface area contributed by atoms with Crippen molar-refractivity contribution in [3.63, 3.8) is 0 Å². The van der Waals surface area contributed by atoms with Crippen LogP contribution in [-0.4, -0.2) is 45.3 Å². The number of rotatable bonds is 4. The van der Waals surface area contributed by atoms with Crippen molar-refractivity contribution in [2.24, 2.45) is 0 Å². The van der Waals surface area contributed by atoms with Crippen LogP contribution in [0.25, 0.3) is 0 Å². The number of carbonyl (C=O) groups is 2. The van der Waals surface area contributed by atoms with E-state index >= 15 is 0 Å². The lowest BCUT2D eigenvalue weighted by Crippen LogP contribution is -2.37. The number of benzene rings is 2. The second kappa shape index (κ2) is 8.73. The average molecular weight is 454 g/mol. The van der Waals surface area contributed by atoms with Crippen molar-refractivity contribution < 1.29 is 19.1 Å². The van der Waals surface area contributed by atoms with Crippen LogP contribution in [0.2, 0.25) is 5.02 Å². The normalized spacial score (nSPS) is 14.0. The fourth-order valence-corrected chi connectivity index (χ4v) is 3.40. The molecule has 0 atom stereocenters. The molecule has 142 valence electrons. The summed E-state index contributed by atoms with van der Waals surface area (Å²) in [5.41, 5.74) is 1.96. The standard InChI is InChI=1S/C19H18BrClN2O4/c1-26-19(25)15-11-13(3-5-17(15)23-6-8-27-9-7-23)22-18(24)14-10-12(20)2-4-16(14)21/h2-5,10-11H,6-9H2,1H3,(H,22,24). The van der Waals surface area contributed by atoms with E-state index in [1.165, 1.54) is 7.11 Å². The first-order valence-electron chi connectivity index (χ1n) is 8.31. The maximum Gasteiger partial charge on any atom is 0.340 e. The number of morpholine rings is 1. The van der Waals surface area contributed by atoms with Gasteiger partial charge in [-0.1, -0.05) is 27.5 Å². The first-order valence-corrected chi connectivity index (χ1v) is 9.48. The molecule has 3 rings (SSSR count). The van der Waals surface area contributed by atoms with Gasteiger partial charge >= 0.3 is 5.97 Å².